The highest BCUT2D eigenvalue weighted by atomic mass is 16.5. The quantitative estimate of drug-likeness (QED) is 0.254. The van der Waals surface area contributed by atoms with E-state index in [1.807, 2.05) is 36.4 Å². The molecule has 4 aromatic carbocycles. The van der Waals surface area contributed by atoms with Gasteiger partial charge in [0.05, 0.1) is 0 Å². The molecular formula is C34H38N2O2. The Morgan fingerprint density at radius 1 is 0.500 bits per heavy atom. The van der Waals surface area contributed by atoms with Crippen molar-refractivity contribution in [1.29, 1.82) is 0 Å². The van der Waals surface area contributed by atoms with Gasteiger partial charge in [0.1, 0.15) is 24.7 Å². The molecule has 1 aliphatic rings. The summed E-state index contributed by atoms with van der Waals surface area (Å²) >= 11 is 0. The predicted molar refractivity (Wildman–Crippen MR) is 155 cm³/mol. The number of benzene rings is 4. The van der Waals surface area contributed by atoms with Crippen LogP contribution in [0.1, 0.15) is 22.3 Å². The van der Waals surface area contributed by atoms with Gasteiger partial charge in [0.25, 0.3) is 0 Å². The topological polar surface area (TPSA) is 24.9 Å². The van der Waals surface area contributed by atoms with Gasteiger partial charge in [0.15, 0.2) is 0 Å². The number of hydrogen-bond donors (Lipinski definition) is 0. The van der Waals surface area contributed by atoms with E-state index in [0.717, 1.165) is 37.4 Å². The largest absolute Gasteiger partial charge is 0.489 e. The molecule has 0 spiro atoms. The van der Waals surface area contributed by atoms with E-state index in [0.29, 0.717) is 25.3 Å². The molecule has 0 bridgehead atoms. The van der Waals surface area contributed by atoms with Crippen molar-refractivity contribution in [3.8, 4) is 11.5 Å². The van der Waals surface area contributed by atoms with Crippen molar-refractivity contribution >= 4 is 0 Å². The number of hydrogen-bond acceptors (Lipinski definition) is 4. The molecule has 0 aliphatic carbocycles. The van der Waals surface area contributed by atoms with Crippen molar-refractivity contribution in [2.75, 3.05) is 27.2 Å². The van der Waals surface area contributed by atoms with E-state index in [2.05, 4.69) is 96.7 Å². The lowest BCUT2D eigenvalue weighted by Gasteiger charge is -2.43. The molecule has 4 heteroatoms. The van der Waals surface area contributed by atoms with Crippen LogP contribution in [0.3, 0.4) is 0 Å². The molecule has 2 atom stereocenters. The number of ether oxygens (including phenoxy) is 2. The van der Waals surface area contributed by atoms with E-state index < -0.39 is 0 Å². The first kappa shape index (κ1) is 26.0. The van der Waals surface area contributed by atoms with Gasteiger partial charge in [-0.05, 0) is 73.5 Å². The highest BCUT2D eigenvalue weighted by Gasteiger charge is 2.29. The lowest BCUT2D eigenvalue weighted by molar-refractivity contribution is 0.0633. The fraction of sp³-hybridized carbons (Fsp3) is 0.294. The second-order valence-electron chi connectivity index (χ2n) is 10.4. The lowest BCUT2D eigenvalue weighted by Crippen LogP contribution is -2.56. The summed E-state index contributed by atoms with van der Waals surface area (Å²) in [6, 6.07) is 38.8. The predicted octanol–water partition coefficient (Wildman–Crippen LogP) is 6.24. The molecule has 4 nitrogen and oxygen atoms in total. The number of piperazine rings is 1. The zero-order chi connectivity index (χ0) is 26.2. The Morgan fingerprint density at radius 3 is 1.24 bits per heavy atom. The molecule has 38 heavy (non-hydrogen) atoms. The van der Waals surface area contributed by atoms with E-state index in [1.54, 1.807) is 0 Å². The van der Waals surface area contributed by atoms with Gasteiger partial charge in [0, 0.05) is 25.2 Å². The minimum atomic E-state index is 0.501. The molecule has 1 fully saturated rings. The van der Waals surface area contributed by atoms with Crippen LogP contribution in [0.4, 0.5) is 0 Å². The van der Waals surface area contributed by atoms with Gasteiger partial charge in [-0.25, -0.2) is 0 Å². The molecule has 1 heterocycles. The SMILES string of the molecule is CN1C[C@H](Cc2ccc(OCc3ccccc3)cc2)N(C)C[C@@H]1Cc1ccc(OCc2ccccc2)cc1. The second kappa shape index (κ2) is 12.8. The van der Waals surface area contributed by atoms with E-state index in [1.165, 1.54) is 22.3 Å². The third kappa shape index (κ3) is 7.25. The van der Waals surface area contributed by atoms with Crippen molar-refractivity contribution in [2.45, 2.75) is 38.1 Å². The molecule has 1 saturated heterocycles. The highest BCUT2D eigenvalue weighted by Crippen LogP contribution is 2.22. The molecule has 0 unspecified atom stereocenters. The summed E-state index contributed by atoms with van der Waals surface area (Å²) in [6.45, 7) is 3.32. The van der Waals surface area contributed by atoms with Crippen molar-refractivity contribution < 1.29 is 9.47 Å². The first-order valence-electron chi connectivity index (χ1n) is 13.5. The van der Waals surface area contributed by atoms with Crippen molar-refractivity contribution in [1.82, 2.24) is 9.80 Å². The summed E-state index contributed by atoms with van der Waals surface area (Å²) in [7, 11) is 4.53. The maximum atomic E-state index is 5.96. The van der Waals surface area contributed by atoms with Crippen LogP contribution in [0.15, 0.2) is 109 Å². The summed E-state index contributed by atoms with van der Waals surface area (Å²) < 4.78 is 11.9. The van der Waals surface area contributed by atoms with Crippen LogP contribution in [-0.4, -0.2) is 49.1 Å². The Labute approximate surface area is 227 Å². The standard InChI is InChI=1S/C34H38N2O2/c1-35-23-32(22-28-15-19-34(20-16-28)38-26-30-11-7-4-8-12-30)36(2)24-31(35)21-27-13-17-33(18-14-27)37-25-29-9-5-3-6-10-29/h3-20,31-32H,21-26H2,1-2H3/t31-,32-/m0/s1. The Kier molecular flexibility index (Phi) is 8.75. The molecular weight excluding hydrogens is 468 g/mol. The van der Waals surface area contributed by atoms with E-state index in [9.17, 15) is 0 Å². The summed E-state index contributed by atoms with van der Waals surface area (Å²) in [6.07, 6.45) is 2.08. The zero-order valence-corrected chi connectivity index (χ0v) is 22.5. The molecule has 0 saturated carbocycles. The summed E-state index contributed by atoms with van der Waals surface area (Å²) in [5.41, 5.74) is 5.08. The van der Waals surface area contributed by atoms with Crippen LogP contribution in [-0.2, 0) is 26.1 Å². The van der Waals surface area contributed by atoms with Crippen LogP contribution < -0.4 is 9.47 Å². The fourth-order valence-electron chi connectivity index (χ4n) is 5.15. The first-order chi connectivity index (χ1) is 18.6. The monoisotopic (exact) mass is 506 g/mol. The second-order valence-corrected chi connectivity index (χ2v) is 10.4. The number of rotatable bonds is 10. The molecule has 0 N–H and O–H groups in total. The Balaban J connectivity index is 1.09. The summed E-state index contributed by atoms with van der Waals surface area (Å²) in [5.74, 6) is 1.84. The summed E-state index contributed by atoms with van der Waals surface area (Å²) in [5, 5.41) is 0. The summed E-state index contributed by atoms with van der Waals surface area (Å²) in [4.78, 5) is 5.06. The lowest BCUT2D eigenvalue weighted by atomic mass is 9.97. The molecule has 0 aromatic heterocycles. The Bertz CT molecular complexity index is 1140. The number of likely N-dealkylation sites (N-methyl/N-ethyl adjacent to an activating group) is 2. The van der Waals surface area contributed by atoms with E-state index in [4.69, 9.17) is 9.47 Å². The molecule has 4 aromatic rings. The van der Waals surface area contributed by atoms with Gasteiger partial charge >= 0.3 is 0 Å². The van der Waals surface area contributed by atoms with Crippen LogP contribution in [0.2, 0.25) is 0 Å². The first-order valence-corrected chi connectivity index (χ1v) is 13.5. The molecule has 1 aliphatic heterocycles. The smallest absolute Gasteiger partial charge is 0.119 e. The van der Waals surface area contributed by atoms with E-state index >= 15 is 0 Å². The molecule has 5 rings (SSSR count). The highest BCUT2D eigenvalue weighted by molar-refractivity contribution is 5.30. The van der Waals surface area contributed by atoms with Gasteiger partial charge in [-0.1, -0.05) is 84.9 Å². The maximum absolute atomic E-state index is 5.96. The third-order valence-corrected chi connectivity index (χ3v) is 7.53. The van der Waals surface area contributed by atoms with Gasteiger partial charge in [-0.3, -0.25) is 0 Å². The Hall–Kier alpha value is -3.60. The van der Waals surface area contributed by atoms with Gasteiger partial charge in [-0.2, -0.15) is 0 Å². The van der Waals surface area contributed by atoms with E-state index in [-0.39, 0.29) is 0 Å². The fourth-order valence-corrected chi connectivity index (χ4v) is 5.15. The molecule has 196 valence electrons. The average Bonchev–Trinajstić information content (AvgIpc) is 2.96. The van der Waals surface area contributed by atoms with Crippen LogP contribution >= 0.6 is 0 Å². The zero-order valence-electron chi connectivity index (χ0n) is 22.5. The maximum Gasteiger partial charge on any atom is 0.119 e. The normalized spacial score (nSPS) is 18.3. The molecule has 0 amide bonds. The van der Waals surface area contributed by atoms with Gasteiger partial charge in [0.2, 0.25) is 0 Å². The van der Waals surface area contributed by atoms with Crippen LogP contribution in [0.25, 0.3) is 0 Å². The van der Waals surface area contributed by atoms with Crippen molar-refractivity contribution in [2.24, 2.45) is 0 Å². The third-order valence-electron chi connectivity index (χ3n) is 7.53. The van der Waals surface area contributed by atoms with Gasteiger partial charge in [-0.15, -0.1) is 0 Å². The van der Waals surface area contributed by atoms with Gasteiger partial charge < -0.3 is 19.3 Å². The van der Waals surface area contributed by atoms with Crippen LogP contribution in [0.5, 0.6) is 11.5 Å². The number of nitrogens with zero attached hydrogens (tertiary/aromatic N) is 2. The van der Waals surface area contributed by atoms with Crippen molar-refractivity contribution in [3.63, 3.8) is 0 Å². The molecule has 0 radical (unpaired) electrons. The average molecular weight is 507 g/mol. The Morgan fingerprint density at radius 2 is 0.868 bits per heavy atom. The minimum Gasteiger partial charge on any atom is -0.489 e. The minimum absolute atomic E-state index is 0.501. The van der Waals surface area contributed by atoms with Crippen LogP contribution in [0, 0.1) is 0 Å². The van der Waals surface area contributed by atoms with Crippen molar-refractivity contribution in [3.05, 3.63) is 131 Å².